The second-order valence-corrected chi connectivity index (χ2v) is 13.1. The highest BCUT2D eigenvalue weighted by atomic mass is 19.4. The Labute approximate surface area is 257 Å². The van der Waals surface area contributed by atoms with Crippen LogP contribution in [0, 0.1) is 35.5 Å². The third-order valence-corrected chi connectivity index (χ3v) is 10.5. The molecule has 2 aliphatic carbocycles. The summed E-state index contributed by atoms with van der Waals surface area (Å²) in [5.41, 5.74) is 2.34. The third-order valence-electron chi connectivity index (χ3n) is 10.5. The van der Waals surface area contributed by atoms with Gasteiger partial charge in [-0.2, -0.15) is 18.3 Å². The van der Waals surface area contributed by atoms with Crippen LogP contribution in [0.25, 0.3) is 5.78 Å². The average molecular weight is 631 g/mol. The number of nitrogens with zero attached hydrogens (tertiary/aromatic N) is 6. The fourth-order valence-electron chi connectivity index (χ4n) is 7.77. The molecule has 0 bridgehead atoms. The van der Waals surface area contributed by atoms with Crippen LogP contribution < -0.4 is 10.6 Å². The van der Waals surface area contributed by atoms with Crippen molar-refractivity contribution < 1.29 is 32.1 Å². The number of hydrogen-bond donors (Lipinski definition) is 2. The Hall–Kier alpha value is -3.62. The first-order valence-corrected chi connectivity index (χ1v) is 15.9. The first-order valence-electron chi connectivity index (χ1n) is 15.9. The van der Waals surface area contributed by atoms with Gasteiger partial charge < -0.3 is 15.4 Å². The fraction of sp³-hybridized carbons (Fsp3) is 0.700. The molecule has 2 amide bonds. The third kappa shape index (κ3) is 5.79. The largest absolute Gasteiger partial charge is 0.393 e. The number of rotatable bonds is 8. The van der Waals surface area contributed by atoms with Crippen LogP contribution in [0.2, 0.25) is 0 Å². The number of nitrogens with one attached hydrogen (secondary N) is 2. The molecule has 0 spiro atoms. The summed E-state index contributed by atoms with van der Waals surface area (Å²) in [5.74, 6) is -0.923. The molecule has 7 rings (SSSR count). The Bertz CT molecular complexity index is 1570. The lowest BCUT2D eigenvalue weighted by Crippen LogP contribution is -2.47. The number of amides is 2. The molecular formula is C30H37F3N8O4. The first-order chi connectivity index (χ1) is 21.6. The van der Waals surface area contributed by atoms with Crippen LogP contribution in [0.5, 0.6) is 0 Å². The number of piperidine rings is 1. The number of carbonyl (C=O) groups excluding carboxylic acids is 2. The van der Waals surface area contributed by atoms with E-state index >= 15 is 0 Å². The van der Waals surface area contributed by atoms with Crippen LogP contribution in [-0.2, 0) is 22.4 Å². The molecule has 45 heavy (non-hydrogen) atoms. The van der Waals surface area contributed by atoms with Crippen LogP contribution in [0.3, 0.4) is 0 Å². The summed E-state index contributed by atoms with van der Waals surface area (Å²) in [6.07, 6.45) is 0.834. The Kier molecular flexibility index (Phi) is 7.77. The minimum atomic E-state index is -4.40. The summed E-state index contributed by atoms with van der Waals surface area (Å²) >= 11 is 0. The van der Waals surface area contributed by atoms with Crippen molar-refractivity contribution in [2.24, 2.45) is 35.5 Å². The molecule has 2 aliphatic heterocycles. The number of fused-ring (bicyclic) bond motifs is 2. The summed E-state index contributed by atoms with van der Waals surface area (Å²) in [6.45, 7) is 4.77. The maximum absolute atomic E-state index is 13.6. The summed E-state index contributed by atoms with van der Waals surface area (Å²) < 4.78 is 52.7. The van der Waals surface area contributed by atoms with Crippen molar-refractivity contribution >= 4 is 17.6 Å². The van der Waals surface area contributed by atoms with Gasteiger partial charge in [-0.1, -0.05) is 19.0 Å². The molecule has 7 atom stereocenters. The highest BCUT2D eigenvalue weighted by Gasteiger charge is 2.55. The zero-order valence-electron chi connectivity index (χ0n) is 25.2. The van der Waals surface area contributed by atoms with Gasteiger partial charge >= 0.3 is 6.18 Å². The number of ether oxygens (including phenoxy) is 1. The topological polar surface area (TPSA) is 149 Å². The van der Waals surface area contributed by atoms with Gasteiger partial charge in [-0.05, 0) is 67.4 Å². The van der Waals surface area contributed by atoms with Gasteiger partial charge in [-0.15, -0.1) is 0 Å². The maximum atomic E-state index is 13.6. The summed E-state index contributed by atoms with van der Waals surface area (Å²) in [6, 6.07) is -0.436. The maximum Gasteiger partial charge on any atom is 0.393 e. The quantitative estimate of drug-likeness (QED) is 0.381. The van der Waals surface area contributed by atoms with E-state index in [0.717, 1.165) is 12.8 Å². The van der Waals surface area contributed by atoms with Crippen molar-refractivity contribution in [1.82, 2.24) is 40.5 Å². The molecule has 3 aromatic rings. The number of halogens is 3. The Balaban J connectivity index is 1.23. The molecule has 5 heterocycles. The molecule has 2 unspecified atom stereocenters. The minimum Gasteiger partial charge on any atom is -0.381 e. The SMILES string of the molecule is CCc1nonc1C(=O)N[C@H](c1cn2nc(C[C@H]3C[C@@H](C(F)(F)F)CNC3=O)c(C3CCOCC3)nc2n1)C1C[C@@H]2C(C)[C@@H]2C1. The van der Waals surface area contributed by atoms with Gasteiger partial charge in [0.1, 0.15) is 5.69 Å². The van der Waals surface area contributed by atoms with E-state index in [1.807, 2.05) is 6.92 Å². The lowest BCUT2D eigenvalue weighted by molar-refractivity contribution is -0.183. The number of imidazole rings is 1. The number of aryl methyl sites for hydroxylation is 1. The highest BCUT2D eigenvalue weighted by Crippen LogP contribution is 2.61. The molecule has 2 N–H and O–H groups in total. The molecule has 4 aliphatic rings. The van der Waals surface area contributed by atoms with Crippen molar-refractivity contribution in [1.29, 1.82) is 0 Å². The van der Waals surface area contributed by atoms with Gasteiger partial charge in [0, 0.05) is 38.0 Å². The zero-order valence-corrected chi connectivity index (χ0v) is 25.2. The number of carbonyl (C=O) groups is 2. The predicted octanol–water partition coefficient (Wildman–Crippen LogP) is 3.58. The monoisotopic (exact) mass is 630 g/mol. The van der Waals surface area contributed by atoms with E-state index in [9.17, 15) is 22.8 Å². The predicted molar refractivity (Wildman–Crippen MR) is 151 cm³/mol. The number of aromatic nitrogens is 6. The molecule has 12 nitrogen and oxygen atoms in total. The number of alkyl halides is 3. The molecule has 2 saturated carbocycles. The van der Waals surface area contributed by atoms with Crippen LogP contribution in [0.4, 0.5) is 13.2 Å². The summed E-state index contributed by atoms with van der Waals surface area (Å²) in [7, 11) is 0. The smallest absolute Gasteiger partial charge is 0.381 e. The molecule has 0 radical (unpaired) electrons. The molecule has 3 aromatic heterocycles. The standard InChI is InChI=1S/C30H37F3N8O4/c1-3-21-26(40-45-39-21)28(43)36-25(16-9-19-14(2)20(19)10-16)23-13-41-29(35-23)37-24(15-4-6-44-7-5-15)22(38-41)11-17-8-18(30(31,32)33)12-34-27(17)42/h13-20,25H,3-12H2,1-2H3,(H,34,42)(H,36,43)/t14?,16?,17-,18-,19-,20+,25+/m1/s1. The van der Waals surface area contributed by atoms with Crippen molar-refractivity contribution in [3.8, 4) is 0 Å². The van der Waals surface area contributed by atoms with E-state index in [-0.39, 0.29) is 30.4 Å². The number of hydrogen-bond acceptors (Lipinski definition) is 9. The lowest BCUT2D eigenvalue weighted by Gasteiger charge is -2.31. The van der Waals surface area contributed by atoms with Gasteiger partial charge in [0.25, 0.3) is 11.7 Å². The van der Waals surface area contributed by atoms with Gasteiger partial charge in [-0.3, -0.25) is 9.59 Å². The van der Waals surface area contributed by atoms with E-state index in [2.05, 4.69) is 27.9 Å². The van der Waals surface area contributed by atoms with E-state index in [4.69, 9.17) is 24.4 Å². The fourth-order valence-corrected chi connectivity index (χ4v) is 7.77. The second-order valence-electron chi connectivity index (χ2n) is 13.1. The second kappa shape index (κ2) is 11.6. The summed E-state index contributed by atoms with van der Waals surface area (Å²) in [5, 5.41) is 18.1. The molecule has 15 heteroatoms. The van der Waals surface area contributed by atoms with Gasteiger partial charge in [0.15, 0.2) is 5.69 Å². The normalized spacial score (nSPS) is 29.4. The molecule has 0 aromatic carbocycles. The minimum absolute atomic E-state index is 0.0254. The van der Waals surface area contributed by atoms with Crippen LogP contribution in [0.1, 0.15) is 91.2 Å². The van der Waals surface area contributed by atoms with E-state index < -0.39 is 42.4 Å². The molecular weight excluding hydrogens is 593 g/mol. The zero-order chi connectivity index (χ0) is 31.5. The average Bonchev–Trinajstić information content (AvgIpc) is 3.53. The Morgan fingerprint density at radius 2 is 1.89 bits per heavy atom. The van der Waals surface area contributed by atoms with Gasteiger partial charge in [-0.25, -0.2) is 19.1 Å². The Morgan fingerprint density at radius 3 is 2.60 bits per heavy atom. The van der Waals surface area contributed by atoms with Crippen molar-refractivity contribution in [2.75, 3.05) is 19.8 Å². The van der Waals surface area contributed by atoms with Gasteiger partial charge in [0.2, 0.25) is 5.91 Å². The van der Waals surface area contributed by atoms with Crippen molar-refractivity contribution in [3.05, 3.63) is 34.7 Å². The van der Waals surface area contributed by atoms with Crippen molar-refractivity contribution in [3.63, 3.8) is 0 Å². The highest BCUT2D eigenvalue weighted by molar-refractivity contribution is 5.93. The molecule has 2 saturated heterocycles. The van der Waals surface area contributed by atoms with E-state index in [1.54, 1.807) is 6.20 Å². The van der Waals surface area contributed by atoms with Crippen LogP contribution >= 0.6 is 0 Å². The lowest BCUT2D eigenvalue weighted by atomic mass is 9.84. The first kappa shape index (κ1) is 30.1. The van der Waals surface area contributed by atoms with E-state index in [1.165, 1.54) is 4.52 Å². The van der Waals surface area contributed by atoms with Crippen molar-refractivity contribution in [2.45, 2.75) is 76.9 Å². The van der Waals surface area contributed by atoms with E-state index in [0.29, 0.717) is 78.8 Å². The van der Waals surface area contributed by atoms with Crippen LogP contribution in [-0.4, -0.2) is 67.6 Å². The van der Waals surface area contributed by atoms with Gasteiger partial charge in [0.05, 0.1) is 35.2 Å². The van der Waals surface area contributed by atoms with Crippen LogP contribution in [0.15, 0.2) is 10.8 Å². The molecule has 242 valence electrons. The molecule has 4 fully saturated rings. The Morgan fingerprint density at radius 1 is 1.13 bits per heavy atom. The summed E-state index contributed by atoms with van der Waals surface area (Å²) in [4.78, 5) is 35.9.